The van der Waals surface area contributed by atoms with Gasteiger partial charge in [-0.05, 0) is 72.2 Å². The highest BCUT2D eigenvalue weighted by Crippen LogP contribution is 2.37. The fourth-order valence-corrected chi connectivity index (χ4v) is 4.17. The van der Waals surface area contributed by atoms with Gasteiger partial charge in [0.15, 0.2) is 16.6 Å². The summed E-state index contributed by atoms with van der Waals surface area (Å²) in [4.78, 5) is 13.0. The third-order valence-electron chi connectivity index (χ3n) is 5.52. The van der Waals surface area contributed by atoms with E-state index in [2.05, 4.69) is 10.6 Å². The summed E-state index contributed by atoms with van der Waals surface area (Å²) in [6.45, 7) is 2.51. The third-order valence-corrected chi connectivity index (χ3v) is 5.99. The van der Waals surface area contributed by atoms with Crippen LogP contribution in [0.15, 0.2) is 72.3 Å². The zero-order chi connectivity index (χ0) is 25.7. The third kappa shape index (κ3) is 5.78. The molecule has 0 bridgehead atoms. The van der Waals surface area contributed by atoms with Crippen LogP contribution in [0.25, 0.3) is 5.70 Å². The molecule has 0 saturated carbocycles. The van der Waals surface area contributed by atoms with Crippen molar-refractivity contribution in [2.24, 2.45) is 0 Å². The molecule has 0 unspecified atom stereocenters. The zero-order valence-electron chi connectivity index (χ0n) is 19.6. The van der Waals surface area contributed by atoms with Crippen molar-refractivity contribution in [3.63, 3.8) is 0 Å². The van der Waals surface area contributed by atoms with Gasteiger partial charge in [-0.1, -0.05) is 41.9 Å². The van der Waals surface area contributed by atoms with Gasteiger partial charge < -0.3 is 24.8 Å². The molecule has 1 aliphatic heterocycles. The van der Waals surface area contributed by atoms with Gasteiger partial charge in [-0.2, -0.15) is 0 Å². The van der Waals surface area contributed by atoms with Crippen LogP contribution in [0.5, 0.6) is 11.5 Å². The number of rotatable bonds is 8. The van der Waals surface area contributed by atoms with Crippen LogP contribution in [0.4, 0.5) is 4.39 Å². The number of carbonyl (C=O) groups excluding carboxylic acids is 1. The number of benzene rings is 3. The Morgan fingerprint density at radius 1 is 1.03 bits per heavy atom. The maximum absolute atomic E-state index is 13.2. The minimum atomic E-state index is -0.609. The van der Waals surface area contributed by atoms with Gasteiger partial charge in [0.25, 0.3) is 0 Å². The van der Waals surface area contributed by atoms with Gasteiger partial charge in [0, 0.05) is 5.02 Å². The van der Waals surface area contributed by atoms with E-state index in [0.29, 0.717) is 39.5 Å². The number of carbonyl (C=O) groups is 1. The van der Waals surface area contributed by atoms with Crippen molar-refractivity contribution in [2.75, 3.05) is 13.7 Å². The molecule has 0 fully saturated rings. The molecule has 0 aliphatic carbocycles. The van der Waals surface area contributed by atoms with Crippen molar-refractivity contribution in [1.82, 2.24) is 10.6 Å². The lowest BCUT2D eigenvalue weighted by Gasteiger charge is -2.31. The van der Waals surface area contributed by atoms with Gasteiger partial charge in [-0.15, -0.1) is 0 Å². The van der Waals surface area contributed by atoms with Gasteiger partial charge in [-0.25, -0.2) is 9.18 Å². The molecule has 3 aromatic rings. The van der Waals surface area contributed by atoms with E-state index in [-0.39, 0.29) is 12.4 Å². The molecule has 4 rings (SSSR count). The number of halogens is 2. The topological polar surface area (TPSA) is 68.8 Å². The number of hydrogen-bond acceptors (Lipinski definition) is 5. The molecule has 3 aromatic carbocycles. The first-order valence-electron chi connectivity index (χ1n) is 11.2. The van der Waals surface area contributed by atoms with E-state index in [0.717, 1.165) is 16.7 Å². The van der Waals surface area contributed by atoms with Crippen LogP contribution in [0.2, 0.25) is 5.02 Å². The Bertz CT molecular complexity index is 1300. The van der Waals surface area contributed by atoms with Crippen molar-refractivity contribution in [3.05, 3.63) is 99.8 Å². The van der Waals surface area contributed by atoms with E-state index >= 15 is 0 Å². The second kappa shape index (κ2) is 11.4. The van der Waals surface area contributed by atoms with Crippen molar-refractivity contribution < 1.29 is 23.4 Å². The fourth-order valence-electron chi connectivity index (χ4n) is 3.82. The highest BCUT2D eigenvalue weighted by molar-refractivity contribution is 7.80. The number of hydrogen-bond donors (Lipinski definition) is 2. The van der Waals surface area contributed by atoms with E-state index in [1.165, 1.54) is 19.2 Å². The van der Waals surface area contributed by atoms with Crippen molar-refractivity contribution in [1.29, 1.82) is 0 Å². The average Bonchev–Trinajstić information content (AvgIpc) is 2.88. The van der Waals surface area contributed by atoms with E-state index in [4.69, 9.17) is 38.0 Å². The summed E-state index contributed by atoms with van der Waals surface area (Å²) in [6, 6.07) is 18.0. The SMILES string of the molecule is CCOc1cc([C@H]2NC(=S)NC(c3ccc(Cl)cc3)=C2C(=O)OC)ccc1OCc1ccc(F)cc1. The summed E-state index contributed by atoms with van der Waals surface area (Å²) in [5.41, 5.74) is 3.16. The van der Waals surface area contributed by atoms with Crippen LogP contribution in [0.1, 0.15) is 29.7 Å². The number of nitrogens with one attached hydrogen (secondary N) is 2. The second-order valence-electron chi connectivity index (χ2n) is 7.87. The molecule has 6 nitrogen and oxygen atoms in total. The van der Waals surface area contributed by atoms with Crippen LogP contribution in [-0.4, -0.2) is 24.8 Å². The normalized spacial score (nSPS) is 15.1. The highest BCUT2D eigenvalue weighted by atomic mass is 35.5. The molecule has 2 N–H and O–H groups in total. The maximum Gasteiger partial charge on any atom is 0.338 e. The summed E-state index contributed by atoms with van der Waals surface area (Å²) in [6.07, 6.45) is 0. The minimum Gasteiger partial charge on any atom is -0.490 e. The summed E-state index contributed by atoms with van der Waals surface area (Å²) in [7, 11) is 1.33. The van der Waals surface area contributed by atoms with E-state index in [1.807, 2.05) is 13.0 Å². The summed E-state index contributed by atoms with van der Waals surface area (Å²) < 4.78 is 30.1. The van der Waals surface area contributed by atoms with E-state index in [1.54, 1.807) is 48.5 Å². The van der Waals surface area contributed by atoms with E-state index < -0.39 is 12.0 Å². The van der Waals surface area contributed by atoms with Gasteiger partial charge in [0.2, 0.25) is 0 Å². The highest BCUT2D eigenvalue weighted by Gasteiger charge is 2.33. The summed E-state index contributed by atoms with van der Waals surface area (Å²) in [5.74, 6) is 0.198. The zero-order valence-corrected chi connectivity index (χ0v) is 21.2. The molecule has 9 heteroatoms. The molecule has 0 aromatic heterocycles. The Balaban J connectivity index is 1.71. The molecular weight excluding hydrogens is 503 g/mol. The lowest BCUT2D eigenvalue weighted by atomic mass is 9.92. The molecule has 1 aliphatic rings. The standard InChI is InChI=1S/C27H24ClFN2O4S/c1-3-34-22-14-18(8-13-21(22)35-15-16-4-11-20(29)12-5-16)25-23(26(32)33-2)24(30-27(36)31-25)17-6-9-19(28)10-7-17/h4-14,25H,3,15H2,1-2H3,(H2,30,31,36)/t25-/m1/s1. The first-order chi connectivity index (χ1) is 17.4. The Hall–Kier alpha value is -3.62. The lowest BCUT2D eigenvalue weighted by Crippen LogP contribution is -2.45. The predicted molar refractivity (Wildman–Crippen MR) is 140 cm³/mol. The summed E-state index contributed by atoms with van der Waals surface area (Å²) in [5, 5.41) is 7.18. The molecule has 1 atom stereocenters. The van der Waals surface area contributed by atoms with Crippen molar-refractivity contribution in [3.8, 4) is 11.5 Å². The maximum atomic E-state index is 13.2. The van der Waals surface area contributed by atoms with Crippen LogP contribution >= 0.6 is 23.8 Å². The van der Waals surface area contributed by atoms with Crippen LogP contribution in [0, 0.1) is 5.82 Å². The molecule has 0 amide bonds. The monoisotopic (exact) mass is 526 g/mol. The first kappa shape index (κ1) is 25.5. The molecule has 186 valence electrons. The lowest BCUT2D eigenvalue weighted by molar-refractivity contribution is -0.136. The van der Waals surface area contributed by atoms with Crippen LogP contribution in [-0.2, 0) is 16.1 Å². The molecule has 0 radical (unpaired) electrons. The van der Waals surface area contributed by atoms with Gasteiger partial charge >= 0.3 is 5.97 Å². The Morgan fingerprint density at radius 3 is 2.42 bits per heavy atom. The van der Waals surface area contributed by atoms with Gasteiger partial charge in [0.05, 0.1) is 31.0 Å². The smallest absolute Gasteiger partial charge is 0.338 e. The number of thiocarbonyl (C=S) groups is 1. The van der Waals surface area contributed by atoms with Crippen LogP contribution in [0.3, 0.4) is 0 Å². The summed E-state index contributed by atoms with van der Waals surface area (Å²) >= 11 is 11.5. The first-order valence-corrected chi connectivity index (χ1v) is 12.0. The minimum absolute atomic E-state index is 0.239. The largest absolute Gasteiger partial charge is 0.490 e. The van der Waals surface area contributed by atoms with Gasteiger partial charge in [0.1, 0.15) is 12.4 Å². The molecule has 36 heavy (non-hydrogen) atoms. The Labute approximate surface area is 219 Å². The van der Waals surface area contributed by atoms with Crippen LogP contribution < -0.4 is 20.1 Å². The molecule has 1 heterocycles. The molecular formula is C27H24ClFN2O4S. The molecule has 0 saturated heterocycles. The quantitative estimate of drug-likeness (QED) is 0.294. The Kier molecular flexibility index (Phi) is 8.07. The average molecular weight is 527 g/mol. The number of ether oxygens (including phenoxy) is 3. The number of esters is 1. The fraction of sp³-hybridized carbons (Fsp3) is 0.185. The predicted octanol–water partition coefficient (Wildman–Crippen LogP) is 5.56. The van der Waals surface area contributed by atoms with Crippen molar-refractivity contribution in [2.45, 2.75) is 19.6 Å². The number of methoxy groups -OCH3 is 1. The van der Waals surface area contributed by atoms with E-state index in [9.17, 15) is 9.18 Å². The second-order valence-corrected chi connectivity index (χ2v) is 8.72. The Morgan fingerprint density at radius 2 is 1.75 bits per heavy atom. The molecule has 0 spiro atoms. The van der Waals surface area contributed by atoms with Gasteiger partial charge in [-0.3, -0.25) is 0 Å². The van der Waals surface area contributed by atoms with Crippen molar-refractivity contribution >= 4 is 40.6 Å².